The van der Waals surface area contributed by atoms with E-state index in [1.54, 1.807) is 10.8 Å². The van der Waals surface area contributed by atoms with Gasteiger partial charge in [-0.15, -0.1) is 22.7 Å². The van der Waals surface area contributed by atoms with E-state index in [2.05, 4.69) is 36.6 Å². The number of aromatic carboxylic acids is 1. The van der Waals surface area contributed by atoms with E-state index < -0.39 is 5.97 Å². The molecule has 2 aromatic heterocycles. The number of thiophene rings is 2. The van der Waals surface area contributed by atoms with Crippen molar-refractivity contribution >= 4 is 66.5 Å². The number of hydrogen-bond acceptors (Lipinski definition) is 8. The summed E-state index contributed by atoms with van der Waals surface area (Å²) in [5, 5.41) is 12.1. The fraction of sp³-hybridized carbons (Fsp3) is 0.231. The Labute approximate surface area is 191 Å². The number of ether oxygens (including phenoxy) is 3. The second-order valence-corrected chi connectivity index (χ2v) is 7.16. The predicted molar refractivity (Wildman–Crippen MR) is 97.4 cm³/mol. The number of carbonyl (C=O) groups excluding carboxylic acids is 1. The van der Waals surface area contributed by atoms with E-state index in [0.29, 0.717) is 20.8 Å². The molecule has 2 rings (SSSR count). The van der Waals surface area contributed by atoms with E-state index in [1.807, 2.05) is 0 Å². The second kappa shape index (κ2) is 13.1. The predicted octanol–water partition coefficient (Wildman–Crippen LogP) is 1.35. The van der Waals surface area contributed by atoms with Crippen molar-refractivity contribution in [2.75, 3.05) is 21.3 Å². The van der Waals surface area contributed by atoms with Crippen LogP contribution in [0.2, 0.25) is 0 Å². The molecule has 0 saturated carbocycles. The number of halogens is 2. The first-order valence-corrected chi connectivity index (χ1v) is 9.15. The topological polar surface area (TPSA) is 112 Å². The molecule has 25 heavy (non-hydrogen) atoms. The van der Waals surface area contributed by atoms with Crippen LogP contribution in [-0.4, -0.2) is 43.9 Å². The smallest absolute Gasteiger partial charge is 0.870 e. The van der Waals surface area contributed by atoms with Gasteiger partial charge in [-0.2, -0.15) is 0 Å². The van der Waals surface area contributed by atoms with Crippen molar-refractivity contribution < 1.29 is 63.9 Å². The molecule has 0 saturated heterocycles. The average Bonchev–Trinajstić information content (AvgIpc) is 3.09. The number of carboxylic acids is 1. The van der Waals surface area contributed by atoms with Crippen molar-refractivity contribution in [3.63, 3.8) is 0 Å². The summed E-state index contributed by atoms with van der Waals surface area (Å²) in [6.07, 6.45) is 0. The molecule has 0 aliphatic heterocycles. The summed E-state index contributed by atoms with van der Waals surface area (Å²) in [7, 11) is 4.30. The first-order valence-electron chi connectivity index (χ1n) is 5.80. The van der Waals surface area contributed by atoms with Crippen LogP contribution in [0.4, 0.5) is 0 Å². The normalized spacial score (nSPS) is 8.84. The molecule has 134 valence electrons. The first-order chi connectivity index (χ1) is 10.9. The summed E-state index contributed by atoms with van der Waals surface area (Å²) < 4.78 is 15.9. The van der Waals surface area contributed by atoms with Gasteiger partial charge < -0.3 is 24.8 Å². The fourth-order valence-corrected chi connectivity index (χ4v) is 4.49. The van der Waals surface area contributed by atoms with Crippen LogP contribution in [-0.2, 0) is 4.74 Å². The monoisotopic (exact) mass is 526 g/mol. The van der Waals surface area contributed by atoms with Gasteiger partial charge in [-0.25, -0.2) is 9.59 Å². The Kier molecular flexibility index (Phi) is 14.2. The number of methoxy groups -OCH3 is 3. The number of rotatable bonds is 4. The third kappa shape index (κ3) is 7.18. The van der Waals surface area contributed by atoms with Gasteiger partial charge in [0, 0.05) is 10.8 Å². The minimum Gasteiger partial charge on any atom is -0.870 e. The molecule has 0 aliphatic rings. The van der Waals surface area contributed by atoms with Crippen LogP contribution in [0.25, 0.3) is 0 Å². The summed E-state index contributed by atoms with van der Waals surface area (Å²) in [6, 6.07) is 0. The van der Waals surface area contributed by atoms with E-state index in [-0.39, 0.29) is 45.9 Å². The summed E-state index contributed by atoms with van der Waals surface area (Å²) in [4.78, 5) is 22.3. The van der Waals surface area contributed by atoms with Gasteiger partial charge in [0.05, 0.1) is 30.3 Å². The van der Waals surface area contributed by atoms with Crippen molar-refractivity contribution in [3.8, 4) is 11.5 Å². The van der Waals surface area contributed by atoms with Gasteiger partial charge in [0.1, 0.15) is 0 Å². The zero-order chi connectivity index (χ0) is 17.6. The molecule has 2 heterocycles. The van der Waals surface area contributed by atoms with Crippen molar-refractivity contribution in [2.24, 2.45) is 0 Å². The SMILES string of the molecule is COC(=O)c1scc(Br)c1OC.COc1c(Br)csc1C(=O)O.[Na+].[OH-]. The van der Waals surface area contributed by atoms with Gasteiger partial charge in [-0.05, 0) is 31.9 Å². The molecule has 0 aliphatic carbocycles. The molecule has 0 amide bonds. The molecule has 0 aromatic carbocycles. The number of esters is 1. The molecule has 0 atom stereocenters. The fourth-order valence-electron chi connectivity index (χ4n) is 1.41. The van der Waals surface area contributed by atoms with Crippen LogP contribution >= 0.6 is 54.5 Å². The molecule has 0 spiro atoms. The molecular formula is C13H13Br2NaO7S2. The van der Waals surface area contributed by atoms with Crippen LogP contribution in [0.15, 0.2) is 19.7 Å². The molecule has 2 aromatic rings. The Bertz CT molecular complexity index is 703. The van der Waals surface area contributed by atoms with E-state index >= 15 is 0 Å². The number of hydrogen-bond donors (Lipinski definition) is 1. The molecule has 0 unspecified atom stereocenters. The van der Waals surface area contributed by atoms with Crippen molar-refractivity contribution in [1.29, 1.82) is 0 Å². The van der Waals surface area contributed by atoms with E-state index in [4.69, 9.17) is 14.6 Å². The summed E-state index contributed by atoms with van der Waals surface area (Å²) in [5.41, 5.74) is 0. The summed E-state index contributed by atoms with van der Waals surface area (Å²) >= 11 is 8.84. The van der Waals surface area contributed by atoms with Crippen LogP contribution < -0.4 is 39.0 Å². The Morgan fingerprint density at radius 2 is 1.36 bits per heavy atom. The maximum atomic E-state index is 11.1. The Morgan fingerprint density at radius 1 is 0.960 bits per heavy atom. The largest absolute Gasteiger partial charge is 1.00 e. The Morgan fingerprint density at radius 3 is 1.68 bits per heavy atom. The molecule has 0 radical (unpaired) electrons. The summed E-state index contributed by atoms with van der Waals surface area (Å²) in [6.45, 7) is 0. The second-order valence-electron chi connectivity index (χ2n) is 3.69. The van der Waals surface area contributed by atoms with Gasteiger partial charge in [0.15, 0.2) is 21.3 Å². The molecule has 0 bridgehead atoms. The van der Waals surface area contributed by atoms with Crippen LogP contribution in [0.5, 0.6) is 11.5 Å². The van der Waals surface area contributed by atoms with Crippen LogP contribution in [0, 0.1) is 0 Å². The summed E-state index contributed by atoms with van der Waals surface area (Å²) in [5.74, 6) is -0.408. The van der Waals surface area contributed by atoms with Crippen molar-refractivity contribution in [2.45, 2.75) is 0 Å². The molecular weight excluding hydrogens is 515 g/mol. The van der Waals surface area contributed by atoms with Crippen molar-refractivity contribution in [3.05, 3.63) is 29.5 Å². The van der Waals surface area contributed by atoms with Gasteiger partial charge in [-0.3, -0.25) is 0 Å². The Hall–Kier alpha value is -0.140. The van der Waals surface area contributed by atoms with Crippen LogP contribution in [0.3, 0.4) is 0 Å². The van der Waals surface area contributed by atoms with Gasteiger partial charge >= 0.3 is 41.5 Å². The Balaban J connectivity index is 0. The molecule has 12 heteroatoms. The zero-order valence-corrected chi connectivity index (χ0v) is 20.5. The number of carbonyl (C=O) groups is 2. The average molecular weight is 528 g/mol. The maximum Gasteiger partial charge on any atom is 1.00 e. The quantitative estimate of drug-likeness (QED) is 0.471. The maximum absolute atomic E-state index is 11.1. The van der Waals surface area contributed by atoms with Gasteiger partial charge in [0.25, 0.3) is 0 Å². The number of carboxylic acid groups (broad SMARTS) is 1. The third-order valence-electron chi connectivity index (χ3n) is 2.38. The first kappa shape index (κ1) is 27.1. The van der Waals surface area contributed by atoms with E-state index in [1.165, 1.54) is 32.7 Å². The van der Waals surface area contributed by atoms with E-state index in [9.17, 15) is 9.59 Å². The van der Waals surface area contributed by atoms with Gasteiger partial charge in [0.2, 0.25) is 0 Å². The minimum absolute atomic E-state index is 0. The minimum atomic E-state index is -0.961. The van der Waals surface area contributed by atoms with Crippen LogP contribution in [0.1, 0.15) is 19.3 Å². The van der Waals surface area contributed by atoms with E-state index in [0.717, 1.165) is 15.8 Å². The molecule has 2 N–H and O–H groups in total. The molecule has 0 fully saturated rings. The van der Waals surface area contributed by atoms with Crippen molar-refractivity contribution in [1.82, 2.24) is 0 Å². The standard InChI is InChI=1S/C7H7BrO3S.C6H5BrO3S.Na.H2O/c1-10-5-4(8)3-12-6(5)7(9)11-2;1-10-4-3(7)2-11-5(4)6(8)9;;/h3H,1-2H3;2H,1H3,(H,8,9);;1H2/q;;+1;/p-1. The molecule has 7 nitrogen and oxygen atoms in total. The van der Waals surface area contributed by atoms with Gasteiger partial charge in [-0.1, -0.05) is 0 Å². The zero-order valence-electron chi connectivity index (χ0n) is 13.7. The third-order valence-corrected chi connectivity index (χ3v) is 6.05.